The van der Waals surface area contributed by atoms with Gasteiger partial charge in [-0.05, 0) is 6.92 Å². The van der Waals surface area contributed by atoms with Gasteiger partial charge in [-0.2, -0.15) is 0 Å². The van der Waals surface area contributed by atoms with Gasteiger partial charge in [0.1, 0.15) is 65.2 Å². The maximum atomic E-state index is 13.5. The zero-order valence-corrected chi connectivity index (χ0v) is 21.5. The van der Waals surface area contributed by atoms with E-state index in [1.54, 1.807) is 30.3 Å². The second-order valence-electron chi connectivity index (χ2n) is 9.90. The number of phenolic OH excluding ortho intramolecular Hbond substituents is 2. The molecular weight excluding hydrogens is 548 g/mol. The molecule has 0 radical (unpaired) electrons. The van der Waals surface area contributed by atoms with Crippen molar-refractivity contribution in [1.82, 2.24) is 0 Å². The summed E-state index contributed by atoms with van der Waals surface area (Å²) in [6.45, 7) is 0.742. The Morgan fingerprint density at radius 2 is 1.54 bits per heavy atom. The summed E-state index contributed by atoms with van der Waals surface area (Å²) in [6, 6.07) is 10.4. The molecule has 2 aliphatic rings. The van der Waals surface area contributed by atoms with Gasteiger partial charge < -0.3 is 64.2 Å². The molecule has 2 saturated heterocycles. The van der Waals surface area contributed by atoms with E-state index in [4.69, 9.17) is 23.4 Å². The van der Waals surface area contributed by atoms with Crippen molar-refractivity contribution in [3.8, 4) is 28.6 Å². The Hall–Kier alpha value is -3.31. The van der Waals surface area contributed by atoms with Gasteiger partial charge in [0, 0.05) is 17.7 Å². The number of fused-ring (bicyclic) bond motifs is 1. The molecule has 3 aromatic rings. The van der Waals surface area contributed by atoms with Gasteiger partial charge in [0.2, 0.25) is 17.5 Å². The number of hydrogen-bond acceptors (Lipinski definition) is 14. The fourth-order valence-electron chi connectivity index (χ4n) is 4.90. The number of aliphatic hydroxyl groups excluding tert-OH is 6. The number of phenols is 2. The summed E-state index contributed by atoms with van der Waals surface area (Å²) in [5.74, 6) is -1.49. The third kappa shape index (κ3) is 5.37. The second-order valence-corrected chi connectivity index (χ2v) is 9.90. The first kappa shape index (κ1) is 29.2. The highest BCUT2D eigenvalue weighted by Gasteiger charge is 2.50. The molecular formula is C27H30O14. The normalized spacial score (nSPS) is 34.0. The lowest BCUT2D eigenvalue weighted by atomic mass is 9.97. The SMILES string of the molecule is C[C@@H]1O[C@@H](Oc2c(-c3ccccc3)oc3cc(O)cc(O)c3c2=O)[C@@H](O)[C@H](O)[C@H]1O[C@@H]1O[C@H](CO)[C@H](O)[C@H](O)[C@H]1O. The standard InChI is InChI=1S/C27H30O14/c1-10-23(40-27-21(35)19(33)17(31)15(9-28)39-27)20(34)22(36)26(37-10)41-25-18(32)16-13(30)7-12(29)8-14(16)38-24(25)11-5-3-2-4-6-11/h2-8,10,15,17,19-23,26-31,33-36H,9H2,1H3/t10-,15+,17-,19-,20-,21+,22-,23-,26-,27-/m0/s1. The fourth-order valence-corrected chi connectivity index (χ4v) is 4.90. The molecule has 0 unspecified atom stereocenters. The largest absolute Gasteiger partial charge is 0.508 e. The first-order valence-electron chi connectivity index (χ1n) is 12.7. The molecule has 10 atom stereocenters. The Kier molecular flexibility index (Phi) is 8.20. The van der Waals surface area contributed by atoms with Gasteiger partial charge in [-0.3, -0.25) is 4.79 Å². The highest BCUT2D eigenvalue weighted by molar-refractivity contribution is 5.88. The maximum absolute atomic E-state index is 13.5. The Labute approximate surface area is 231 Å². The van der Waals surface area contributed by atoms with Crippen molar-refractivity contribution in [2.75, 3.05) is 6.61 Å². The third-order valence-corrected chi connectivity index (χ3v) is 7.10. The Morgan fingerprint density at radius 1 is 0.854 bits per heavy atom. The van der Waals surface area contributed by atoms with E-state index in [9.17, 15) is 45.6 Å². The lowest BCUT2D eigenvalue weighted by Crippen LogP contribution is -2.64. The molecule has 0 saturated carbocycles. The van der Waals surface area contributed by atoms with Crippen molar-refractivity contribution >= 4 is 11.0 Å². The van der Waals surface area contributed by atoms with Crippen LogP contribution in [-0.2, 0) is 14.2 Å². The summed E-state index contributed by atoms with van der Waals surface area (Å²) >= 11 is 0. The van der Waals surface area contributed by atoms with Crippen LogP contribution in [0.2, 0.25) is 0 Å². The lowest BCUT2D eigenvalue weighted by Gasteiger charge is -2.45. The van der Waals surface area contributed by atoms with Gasteiger partial charge in [-0.15, -0.1) is 0 Å². The van der Waals surface area contributed by atoms with E-state index < -0.39 is 84.9 Å². The molecule has 2 aromatic carbocycles. The summed E-state index contributed by atoms with van der Waals surface area (Å²) in [5, 5.41) is 81.5. The van der Waals surface area contributed by atoms with Crippen LogP contribution in [0.25, 0.3) is 22.3 Å². The summed E-state index contributed by atoms with van der Waals surface area (Å²) in [7, 11) is 0. The first-order chi connectivity index (χ1) is 19.5. The van der Waals surface area contributed by atoms with Crippen molar-refractivity contribution in [2.24, 2.45) is 0 Å². The minimum absolute atomic E-state index is 0.106. The Balaban J connectivity index is 1.44. The minimum Gasteiger partial charge on any atom is -0.508 e. The second kappa shape index (κ2) is 11.5. The van der Waals surface area contributed by atoms with Crippen molar-refractivity contribution in [2.45, 2.75) is 68.3 Å². The number of rotatable bonds is 6. The molecule has 0 spiro atoms. The van der Waals surface area contributed by atoms with E-state index >= 15 is 0 Å². The predicted molar refractivity (Wildman–Crippen MR) is 137 cm³/mol. The smallest absolute Gasteiger partial charge is 0.239 e. The highest BCUT2D eigenvalue weighted by atomic mass is 16.7. The van der Waals surface area contributed by atoms with Crippen LogP contribution < -0.4 is 10.2 Å². The molecule has 222 valence electrons. The molecule has 14 nitrogen and oxygen atoms in total. The summed E-state index contributed by atoms with van der Waals surface area (Å²) in [6.07, 6.45) is -15.7. The van der Waals surface area contributed by atoms with Crippen LogP contribution in [0, 0.1) is 0 Å². The van der Waals surface area contributed by atoms with E-state index in [1.165, 1.54) is 6.92 Å². The number of benzene rings is 2. The molecule has 5 rings (SSSR count). The molecule has 41 heavy (non-hydrogen) atoms. The summed E-state index contributed by atoms with van der Waals surface area (Å²) < 4.78 is 28.3. The maximum Gasteiger partial charge on any atom is 0.239 e. The Bertz CT molecular complexity index is 1430. The number of aromatic hydroxyl groups is 2. The zero-order valence-electron chi connectivity index (χ0n) is 21.5. The summed E-state index contributed by atoms with van der Waals surface area (Å²) in [5.41, 5.74) is -0.600. The lowest BCUT2D eigenvalue weighted by molar-refractivity contribution is -0.348. The molecule has 2 fully saturated rings. The van der Waals surface area contributed by atoms with Gasteiger partial charge >= 0.3 is 0 Å². The quantitative estimate of drug-likeness (QED) is 0.174. The van der Waals surface area contributed by atoms with Crippen LogP contribution in [0.1, 0.15) is 6.92 Å². The van der Waals surface area contributed by atoms with E-state index in [1.807, 2.05) is 0 Å². The number of hydrogen-bond donors (Lipinski definition) is 8. The zero-order chi connectivity index (χ0) is 29.6. The Morgan fingerprint density at radius 3 is 2.22 bits per heavy atom. The van der Waals surface area contributed by atoms with Crippen LogP contribution in [-0.4, -0.2) is 109 Å². The third-order valence-electron chi connectivity index (χ3n) is 7.10. The van der Waals surface area contributed by atoms with Gasteiger partial charge in [0.25, 0.3) is 0 Å². The van der Waals surface area contributed by atoms with E-state index in [0.29, 0.717) is 5.56 Å². The van der Waals surface area contributed by atoms with Gasteiger partial charge in [-0.25, -0.2) is 0 Å². The van der Waals surface area contributed by atoms with Gasteiger partial charge in [-0.1, -0.05) is 30.3 Å². The van der Waals surface area contributed by atoms with Crippen molar-refractivity contribution in [3.63, 3.8) is 0 Å². The van der Waals surface area contributed by atoms with Crippen molar-refractivity contribution in [3.05, 3.63) is 52.7 Å². The molecule has 0 amide bonds. The van der Waals surface area contributed by atoms with E-state index in [-0.39, 0.29) is 22.5 Å². The van der Waals surface area contributed by atoms with Crippen LogP contribution in [0.3, 0.4) is 0 Å². The van der Waals surface area contributed by atoms with E-state index in [0.717, 1.165) is 12.1 Å². The van der Waals surface area contributed by atoms with Gasteiger partial charge in [0.15, 0.2) is 12.1 Å². The van der Waals surface area contributed by atoms with Gasteiger partial charge in [0.05, 0.1) is 12.7 Å². The predicted octanol–water partition coefficient (Wildman–Crippen LogP) is -1.10. The number of aliphatic hydroxyl groups is 6. The number of ether oxygens (including phenoxy) is 4. The molecule has 1 aromatic heterocycles. The molecule has 2 aliphatic heterocycles. The molecule has 3 heterocycles. The summed E-state index contributed by atoms with van der Waals surface area (Å²) in [4.78, 5) is 13.5. The van der Waals surface area contributed by atoms with Crippen LogP contribution >= 0.6 is 0 Å². The topological polar surface area (TPSA) is 229 Å². The van der Waals surface area contributed by atoms with E-state index in [2.05, 4.69) is 0 Å². The van der Waals surface area contributed by atoms with Crippen LogP contribution in [0.15, 0.2) is 51.7 Å². The average Bonchev–Trinajstić information content (AvgIpc) is 2.95. The first-order valence-corrected chi connectivity index (χ1v) is 12.7. The average molecular weight is 579 g/mol. The monoisotopic (exact) mass is 578 g/mol. The molecule has 14 heteroatoms. The minimum atomic E-state index is -1.84. The molecule has 8 N–H and O–H groups in total. The molecule has 0 bridgehead atoms. The van der Waals surface area contributed by atoms with Crippen LogP contribution in [0.5, 0.6) is 17.2 Å². The van der Waals surface area contributed by atoms with Crippen molar-refractivity contribution in [1.29, 1.82) is 0 Å². The molecule has 0 aliphatic carbocycles. The van der Waals surface area contributed by atoms with Crippen molar-refractivity contribution < 1.29 is 64.2 Å². The van der Waals surface area contributed by atoms with Crippen LogP contribution in [0.4, 0.5) is 0 Å². The fraction of sp³-hybridized carbons (Fsp3) is 0.444. The highest BCUT2D eigenvalue weighted by Crippen LogP contribution is 2.37.